The Morgan fingerprint density at radius 3 is 3.05 bits per heavy atom. The van der Waals surface area contributed by atoms with Gasteiger partial charge in [-0.3, -0.25) is 4.79 Å². The first kappa shape index (κ1) is 14.9. The third-order valence-corrected chi connectivity index (χ3v) is 5.01. The van der Waals surface area contributed by atoms with E-state index in [1.807, 2.05) is 0 Å². The molecule has 0 spiro atoms. The quantitative estimate of drug-likeness (QED) is 0.831. The van der Waals surface area contributed by atoms with Gasteiger partial charge >= 0.3 is 0 Å². The van der Waals surface area contributed by atoms with E-state index < -0.39 is 0 Å². The minimum atomic E-state index is -0.241. The number of nitrogens with zero attached hydrogens (tertiary/aromatic N) is 2. The highest BCUT2D eigenvalue weighted by atomic mass is 32.2. The lowest BCUT2D eigenvalue weighted by Gasteiger charge is -2.31. The Labute approximate surface area is 123 Å². The van der Waals surface area contributed by atoms with Crippen molar-refractivity contribution in [1.82, 2.24) is 9.97 Å². The number of thioether (sulfide) groups is 1. The molecular formula is C14H20N4OS. The van der Waals surface area contributed by atoms with E-state index in [1.165, 1.54) is 30.7 Å². The van der Waals surface area contributed by atoms with Gasteiger partial charge in [0.25, 0.3) is 5.56 Å². The van der Waals surface area contributed by atoms with Crippen LogP contribution in [-0.4, -0.2) is 15.2 Å². The Balaban J connectivity index is 2.11. The van der Waals surface area contributed by atoms with Gasteiger partial charge in [0.15, 0.2) is 5.16 Å². The molecule has 1 aromatic heterocycles. The maximum atomic E-state index is 11.4. The molecule has 3 N–H and O–H groups in total. The fourth-order valence-electron chi connectivity index (χ4n) is 2.81. The summed E-state index contributed by atoms with van der Waals surface area (Å²) in [5.74, 6) is 0.931. The van der Waals surface area contributed by atoms with Gasteiger partial charge < -0.3 is 10.7 Å². The lowest BCUT2D eigenvalue weighted by Crippen LogP contribution is -2.27. The molecule has 6 heteroatoms. The van der Waals surface area contributed by atoms with Crippen LogP contribution in [0.1, 0.15) is 39.0 Å². The van der Waals surface area contributed by atoms with Gasteiger partial charge in [-0.05, 0) is 25.2 Å². The molecule has 20 heavy (non-hydrogen) atoms. The van der Waals surface area contributed by atoms with Crippen molar-refractivity contribution in [2.24, 2.45) is 11.8 Å². The zero-order valence-corrected chi connectivity index (χ0v) is 12.4. The molecule has 0 radical (unpaired) electrons. The molecule has 0 bridgehead atoms. The van der Waals surface area contributed by atoms with Crippen molar-refractivity contribution in [1.29, 1.82) is 5.26 Å². The average molecular weight is 292 g/mol. The fourth-order valence-corrected chi connectivity index (χ4v) is 4.15. The molecule has 0 aromatic carbocycles. The number of anilines is 1. The van der Waals surface area contributed by atoms with E-state index in [0.717, 1.165) is 19.3 Å². The predicted octanol–water partition coefficient (Wildman–Crippen LogP) is 2.55. The number of rotatable bonds is 4. The van der Waals surface area contributed by atoms with Crippen LogP contribution < -0.4 is 11.3 Å². The maximum absolute atomic E-state index is 11.4. The number of nitrogens with one attached hydrogen (secondary N) is 1. The SMILES string of the molecule is CCCC1CCC(C#N)C(Sc2nc(N)cc(=O)[nH]2)C1. The summed E-state index contributed by atoms with van der Waals surface area (Å²) in [6.07, 6.45) is 5.45. The molecule has 108 valence electrons. The molecule has 5 nitrogen and oxygen atoms in total. The summed E-state index contributed by atoms with van der Waals surface area (Å²) in [7, 11) is 0. The summed E-state index contributed by atoms with van der Waals surface area (Å²) in [5, 5.41) is 10.00. The molecule has 0 aliphatic heterocycles. The van der Waals surface area contributed by atoms with Crippen LogP contribution in [0.5, 0.6) is 0 Å². The summed E-state index contributed by atoms with van der Waals surface area (Å²) in [6, 6.07) is 3.66. The molecule has 2 rings (SSSR count). The summed E-state index contributed by atoms with van der Waals surface area (Å²) >= 11 is 1.49. The van der Waals surface area contributed by atoms with Gasteiger partial charge in [-0.15, -0.1) is 0 Å². The van der Waals surface area contributed by atoms with E-state index in [9.17, 15) is 10.1 Å². The highest BCUT2D eigenvalue weighted by Crippen LogP contribution is 2.40. The molecule has 1 fully saturated rings. The molecule has 1 aromatic rings. The number of aromatic amines is 1. The van der Waals surface area contributed by atoms with Crippen LogP contribution >= 0.6 is 11.8 Å². The van der Waals surface area contributed by atoms with Gasteiger partial charge in [0.2, 0.25) is 0 Å². The fraction of sp³-hybridized carbons (Fsp3) is 0.643. The smallest absolute Gasteiger partial charge is 0.253 e. The standard InChI is InChI=1S/C14H20N4OS/c1-2-3-9-4-5-10(8-15)11(6-9)20-14-17-12(16)7-13(19)18-14/h7,9-11H,2-6H2,1H3,(H3,16,17,18,19). The van der Waals surface area contributed by atoms with Crippen molar-refractivity contribution in [3.8, 4) is 6.07 Å². The summed E-state index contributed by atoms with van der Waals surface area (Å²) < 4.78 is 0. The number of hydrogen-bond acceptors (Lipinski definition) is 5. The number of nitrogen functional groups attached to an aromatic ring is 1. The number of aromatic nitrogens is 2. The van der Waals surface area contributed by atoms with Crippen molar-refractivity contribution >= 4 is 17.6 Å². The largest absolute Gasteiger partial charge is 0.383 e. The summed E-state index contributed by atoms with van der Waals surface area (Å²) in [4.78, 5) is 18.3. The Morgan fingerprint density at radius 1 is 1.60 bits per heavy atom. The average Bonchev–Trinajstić information content (AvgIpc) is 2.38. The van der Waals surface area contributed by atoms with Crippen LogP contribution in [0.2, 0.25) is 0 Å². The normalized spacial score (nSPS) is 26.1. The second kappa shape index (κ2) is 6.80. The minimum Gasteiger partial charge on any atom is -0.383 e. The van der Waals surface area contributed by atoms with Gasteiger partial charge in [-0.2, -0.15) is 5.26 Å². The van der Waals surface area contributed by atoms with Crippen LogP contribution in [0.4, 0.5) is 5.82 Å². The van der Waals surface area contributed by atoms with Crippen molar-refractivity contribution in [2.45, 2.75) is 49.4 Å². The Hall–Kier alpha value is -1.48. The third kappa shape index (κ3) is 3.76. The van der Waals surface area contributed by atoms with Crippen LogP contribution in [0, 0.1) is 23.2 Å². The number of nitrogens with two attached hydrogens (primary N) is 1. The van der Waals surface area contributed by atoms with Crippen molar-refractivity contribution in [3.63, 3.8) is 0 Å². The summed E-state index contributed by atoms with van der Waals surface area (Å²) in [5.41, 5.74) is 5.36. The van der Waals surface area contributed by atoms with Gasteiger partial charge in [-0.25, -0.2) is 4.98 Å². The molecule has 1 aliphatic rings. The Kier molecular flexibility index (Phi) is 5.07. The Bertz CT molecular complexity index is 551. The number of nitriles is 1. The van der Waals surface area contributed by atoms with Crippen LogP contribution in [0.25, 0.3) is 0 Å². The predicted molar refractivity (Wildman–Crippen MR) is 80.3 cm³/mol. The highest BCUT2D eigenvalue weighted by Gasteiger charge is 2.31. The maximum Gasteiger partial charge on any atom is 0.253 e. The monoisotopic (exact) mass is 292 g/mol. The Morgan fingerprint density at radius 2 is 2.40 bits per heavy atom. The molecule has 1 heterocycles. The van der Waals surface area contributed by atoms with E-state index in [-0.39, 0.29) is 22.5 Å². The van der Waals surface area contributed by atoms with E-state index in [1.54, 1.807) is 0 Å². The van der Waals surface area contributed by atoms with Crippen molar-refractivity contribution in [2.75, 3.05) is 5.73 Å². The first-order valence-electron chi connectivity index (χ1n) is 7.05. The second-order valence-electron chi connectivity index (χ2n) is 5.34. The zero-order chi connectivity index (χ0) is 14.5. The van der Waals surface area contributed by atoms with Crippen LogP contribution in [0.15, 0.2) is 16.0 Å². The third-order valence-electron chi connectivity index (χ3n) is 3.77. The number of H-pyrrole nitrogens is 1. The minimum absolute atomic E-state index is 0.0276. The van der Waals surface area contributed by atoms with Gasteiger partial charge in [-0.1, -0.05) is 31.5 Å². The molecule has 3 unspecified atom stereocenters. The van der Waals surface area contributed by atoms with E-state index in [0.29, 0.717) is 11.1 Å². The number of hydrogen-bond donors (Lipinski definition) is 2. The second-order valence-corrected chi connectivity index (χ2v) is 6.56. The van der Waals surface area contributed by atoms with Crippen LogP contribution in [-0.2, 0) is 0 Å². The van der Waals surface area contributed by atoms with Gasteiger partial charge in [0.05, 0.1) is 12.0 Å². The zero-order valence-electron chi connectivity index (χ0n) is 11.6. The molecule has 1 saturated carbocycles. The molecule has 1 aliphatic carbocycles. The van der Waals surface area contributed by atoms with Gasteiger partial charge in [0, 0.05) is 11.3 Å². The highest BCUT2D eigenvalue weighted by molar-refractivity contribution is 7.99. The molecule has 0 saturated heterocycles. The van der Waals surface area contributed by atoms with E-state index in [2.05, 4.69) is 23.0 Å². The lowest BCUT2D eigenvalue weighted by molar-refractivity contribution is 0.306. The first-order chi connectivity index (χ1) is 9.62. The van der Waals surface area contributed by atoms with Crippen LogP contribution in [0.3, 0.4) is 0 Å². The molecular weight excluding hydrogens is 272 g/mol. The van der Waals surface area contributed by atoms with E-state index >= 15 is 0 Å². The van der Waals surface area contributed by atoms with E-state index in [4.69, 9.17) is 5.73 Å². The van der Waals surface area contributed by atoms with Gasteiger partial charge in [0.1, 0.15) is 5.82 Å². The van der Waals surface area contributed by atoms with Crippen molar-refractivity contribution < 1.29 is 0 Å². The summed E-state index contributed by atoms with van der Waals surface area (Å²) in [6.45, 7) is 2.19. The topological polar surface area (TPSA) is 95.6 Å². The molecule has 3 atom stereocenters. The van der Waals surface area contributed by atoms with Crippen molar-refractivity contribution in [3.05, 3.63) is 16.4 Å². The first-order valence-corrected chi connectivity index (χ1v) is 7.93. The molecule has 0 amide bonds. The lowest BCUT2D eigenvalue weighted by atomic mass is 9.80.